The van der Waals surface area contributed by atoms with Crippen LogP contribution in [0, 0.1) is 17.8 Å². The molecule has 0 spiro atoms. The van der Waals surface area contributed by atoms with Gasteiger partial charge in [0.15, 0.2) is 6.29 Å². The molecule has 4 aliphatic rings. The zero-order valence-electron chi connectivity index (χ0n) is 21.3. The number of hydrogen-bond acceptors (Lipinski definition) is 4. The molecule has 4 fully saturated rings. The Balaban J connectivity index is 1.37. The quantitative estimate of drug-likeness (QED) is 0.572. The number of carbonyl (C=O) groups is 3. The van der Waals surface area contributed by atoms with Crippen LogP contribution in [0.25, 0.3) is 0 Å². The van der Waals surface area contributed by atoms with E-state index < -0.39 is 6.29 Å². The number of halogens is 1. The van der Waals surface area contributed by atoms with E-state index in [-0.39, 0.29) is 41.8 Å². The molecule has 0 bridgehead atoms. The predicted octanol–water partition coefficient (Wildman–Crippen LogP) is 4.10. The molecule has 196 valence electrons. The molecule has 2 aliphatic carbocycles. The number of carbonyl (C=O) groups excluding carboxylic acids is 3. The number of nitrogens with one attached hydrogen (secondary N) is 2. The lowest BCUT2D eigenvalue weighted by Gasteiger charge is -2.50. The Morgan fingerprint density at radius 3 is 2.61 bits per heavy atom. The summed E-state index contributed by atoms with van der Waals surface area (Å²) in [6.07, 6.45) is 6.58. The van der Waals surface area contributed by atoms with Crippen molar-refractivity contribution in [3.8, 4) is 0 Å². The molecule has 0 radical (unpaired) electrons. The number of amides is 4. The average Bonchev–Trinajstić information content (AvgIpc) is 3.48. The van der Waals surface area contributed by atoms with Crippen molar-refractivity contribution in [2.75, 3.05) is 6.54 Å². The summed E-state index contributed by atoms with van der Waals surface area (Å²) in [6.45, 7) is 5.17. The third kappa shape index (κ3) is 4.94. The molecule has 2 saturated heterocycles. The van der Waals surface area contributed by atoms with Gasteiger partial charge in [-0.05, 0) is 56.1 Å². The predicted molar refractivity (Wildman–Crippen MR) is 137 cm³/mol. The van der Waals surface area contributed by atoms with Crippen LogP contribution in [0.5, 0.6) is 0 Å². The molecule has 2 saturated carbocycles. The van der Waals surface area contributed by atoms with Gasteiger partial charge in [-0.2, -0.15) is 5.43 Å². The summed E-state index contributed by atoms with van der Waals surface area (Å²) < 4.78 is 0. The van der Waals surface area contributed by atoms with Gasteiger partial charge in [0, 0.05) is 29.6 Å². The van der Waals surface area contributed by atoms with E-state index in [2.05, 4.69) is 24.6 Å². The van der Waals surface area contributed by atoms with E-state index in [0.717, 1.165) is 37.7 Å². The monoisotopic (exact) mass is 515 g/mol. The topological polar surface area (TPSA) is 85.0 Å². The van der Waals surface area contributed by atoms with Gasteiger partial charge in [-0.1, -0.05) is 56.5 Å². The maximum absolute atomic E-state index is 13.8. The Morgan fingerprint density at radius 1 is 1.14 bits per heavy atom. The Hall–Kier alpha value is -2.32. The summed E-state index contributed by atoms with van der Waals surface area (Å²) in [4.78, 5) is 44.3. The van der Waals surface area contributed by atoms with Gasteiger partial charge in [0.05, 0.1) is 12.5 Å². The van der Waals surface area contributed by atoms with Gasteiger partial charge >= 0.3 is 6.03 Å². The van der Waals surface area contributed by atoms with Crippen LogP contribution in [0.4, 0.5) is 4.79 Å². The molecule has 1 aromatic carbocycles. The highest BCUT2D eigenvalue weighted by atomic mass is 35.5. The van der Waals surface area contributed by atoms with Crippen molar-refractivity contribution in [3.05, 3.63) is 34.9 Å². The van der Waals surface area contributed by atoms with E-state index in [1.54, 1.807) is 5.01 Å². The number of urea groups is 1. The molecule has 5 rings (SSSR count). The molecule has 0 aromatic heterocycles. The molecule has 1 aromatic rings. The zero-order chi connectivity index (χ0) is 25.4. The van der Waals surface area contributed by atoms with Gasteiger partial charge < -0.3 is 10.2 Å². The number of benzene rings is 1. The van der Waals surface area contributed by atoms with Crippen molar-refractivity contribution < 1.29 is 14.4 Å². The molecular formula is C27H38ClN5O3. The van der Waals surface area contributed by atoms with Crippen molar-refractivity contribution in [1.29, 1.82) is 0 Å². The third-order valence-electron chi connectivity index (χ3n) is 8.36. The van der Waals surface area contributed by atoms with Crippen LogP contribution in [0.15, 0.2) is 24.3 Å². The van der Waals surface area contributed by atoms with Crippen LogP contribution in [-0.2, 0) is 16.1 Å². The number of rotatable bonds is 7. The van der Waals surface area contributed by atoms with E-state index in [1.807, 2.05) is 34.1 Å². The average molecular weight is 516 g/mol. The first-order valence-electron chi connectivity index (χ1n) is 13.5. The van der Waals surface area contributed by atoms with Crippen molar-refractivity contribution >= 4 is 29.4 Å². The fraction of sp³-hybridized carbons (Fsp3) is 0.667. The molecule has 4 unspecified atom stereocenters. The maximum Gasteiger partial charge on any atom is 0.337 e. The van der Waals surface area contributed by atoms with Crippen molar-refractivity contribution in [2.45, 2.75) is 90.1 Å². The summed E-state index contributed by atoms with van der Waals surface area (Å²) in [6, 6.07) is 7.30. The van der Waals surface area contributed by atoms with Crippen molar-refractivity contribution in [2.24, 2.45) is 17.8 Å². The highest BCUT2D eigenvalue weighted by Gasteiger charge is 2.56. The highest BCUT2D eigenvalue weighted by Crippen LogP contribution is 2.41. The van der Waals surface area contributed by atoms with Gasteiger partial charge in [-0.3, -0.25) is 19.5 Å². The normalized spacial score (nSPS) is 28.6. The summed E-state index contributed by atoms with van der Waals surface area (Å²) in [5.74, 6) is 0.175. The Bertz CT molecular complexity index is 997. The Kier molecular flexibility index (Phi) is 7.45. The number of nitrogens with zero attached hydrogens (tertiary/aromatic N) is 3. The summed E-state index contributed by atoms with van der Waals surface area (Å²) in [5, 5.41) is 5.41. The second-order valence-electron chi connectivity index (χ2n) is 11.3. The number of hydrazine groups is 1. The molecule has 2 N–H and O–H groups in total. The lowest BCUT2D eigenvalue weighted by molar-refractivity contribution is -0.159. The molecule has 8 nitrogen and oxygen atoms in total. The van der Waals surface area contributed by atoms with Gasteiger partial charge in [0.2, 0.25) is 11.8 Å². The van der Waals surface area contributed by atoms with Crippen LogP contribution < -0.4 is 10.7 Å². The van der Waals surface area contributed by atoms with Crippen molar-refractivity contribution in [3.63, 3.8) is 0 Å². The van der Waals surface area contributed by atoms with Gasteiger partial charge in [-0.25, -0.2) is 4.79 Å². The van der Waals surface area contributed by atoms with Crippen LogP contribution in [0.3, 0.4) is 0 Å². The SMILES string of the molecule is CC(C)CCN1C(=O)C2CCC(C(=O)NC3CCCC3)CC2N2C(=O)N(Cc3ccccc3Cl)NC12. The van der Waals surface area contributed by atoms with E-state index in [1.165, 1.54) is 0 Å². The fourth-order valence-electron chi connectivity index (χ4n) is 6.29. The smallest absolute Gasteiger partial charge is 0.337 e. The summed E-state index contributed by atoms with van der Waals surface area (Å²) in [7, 11) is 0. The van der Waals surface area contributed by atoms with E-state index in [4.69, 9.17) is 11.6 Å². The minimum absolute atomic E-state index is 0.0825. The van der Waals surface area contributed by atoms with Crippen molar-refractivity contribution in [1.82, 2.24) is 25.6 Å². The molecule has 36 heavy (non-hydrogen) atoms. The highest BCUT2D eigenvalue weighted by molar-refractivity contribution is 6.31. The van der Waals surface area contributed by atoms with Crippen LogP contribution in [-0.4, -0.2) is 57.6 Å². The van der Waals surface area contributed by atoms with E-state index >= 15 is 0 Å². The van der Waals surface area contributed by atoms with E-state index in [9.17, 15) is 14.4 Å². The first kappa shape index (κ1) is 25.3. The van der Waals surface area contributed by atoms with Crippen LogP contribution >= 0.6 is 11.6 Å². The van der Waals surface area contributed by atoms with Gasteiger partial charge in [-0.15, -0.1) is 0 Å². The van der Waals surface area contributed by atoms with E-state index in [0.29, 0.717) is 43.3 Å². The standard InChI is InChI=1S/C27H38ClN5O3/c1-17(2)13-14-31-25(35)21-12-11-18(24(34)29-20-8-4-5-9-20)15-23(21)33-26(31)30-32(27(33)36)16-19-7-3-6-10-22(19)28/h3,6-7,10,17-18,20-21,23,26,30H,4-5,8-9,11-16H2,1-2H3,(H,29,34). The first-order chi connectivity index (χ1) is 17.3. The third-order valence-corrected chi connectivity index (χ3v) is 8.73. The molecule has 9 heteroatoms. The van der Waals surface area contributed by atoms with Gasteiger partial charge in [0.25, 0.3) is 0 Å². The minimum Gasteiger partial charge on any atom is -0.353 e. The van der Waals surface area contributed by atoms with Crippen LogP contribution in [0.1, 0.15) is 70.8 Å². The number of fused-ring (bicyclic) bond motifs is 3. The molecule has 4 atom stereocenters. The second kappa shape index (κ2) is 10.6. The molecule has 2 aliphatic heterocycles. The largest absolute Gasteiger partial charge is 0.353 e. The maximum atomic E-state index is 13.8. The Morgan fingerprint density at radius 2 is 1.89 bits per heavy atom. The molecule has 4 amide bonds. The molecule has 2 heterocycles. The summed E-state index contributed by atoms with van der Waals surface area (Å²) >= 11 is 6.39. The Labute approximate surface area is 218 Å². The van der Waals surface area contributed by atoms with Crippen LogP contribution in [0.2, 0.25) is 5.02 Å². The second-order valence-corrected chi connectivity index (χ2v) is 11.7. The van der Waals surface area contributed by atoms with Gasteiger partial charge in [0.1, 0.15) is 0 Å². The lowest BCUT2D eigenvalue weighted by atomic mass is 9.75. The summed E-state index contributed by atoms with van der Waals surface area (Å²) in [5.41, 5.74) is 4.16. The fourth-order valence-corrected chi connectivity index (χ4v) is 6.48. The zero-order valence-corrected chi connectivity index (χ0v) is 22.0. The lowest BCUT2D eigenvalue weighted by Crippen LogP contribution is -2.67. The minimum atomic E-state index is -0.538. The first-order valence-corrected chi connectivity index (χ1v) is 13.9. The number of hydrogen-bond donors (Lipinski definition) is 2. The molecular weight excluding hydrogens is 478 g/mol.